The first-order valence-electron chi connectivity index (χ1n) is 12.6. The maximum absolute atomic E-state index is 13.2. The summed E-state index contributed by atoms with van der Waals surface area (Å²) in [4.78, 5) is 62.7. The Balaban J connectivity index is 1.88. The zero-order valence-corrected chi connectivity index (χ0v) is 21.4. The zero-order valence-electron chi connectivity index (χ0n) is 21.4. The highest BCUT2D eigenvalue weighted by atomic mass is 16.2. The molecule has 0 saturated heterocycles. The van der Waals surface area contributed by atoms with Gasteiger partial charge in [0.1, 0.15) is 12.1 Å². The van der Waals surface area contributed by atoms with Crippen molar-refractivity contribution < 1.29 is 24.0 Å². The molecule has 196 valence electrons. The number of rotatable bonds is 5. The van der Waals surface area contributed by atoms with Gasteiger partial charge in [-0.05, 0) is 54.9 Å². The summed E-state index contributed by atoms with van der Waals surface area (Å²) in [6.45, 7) is 3.24. The van der Waals surface area contributed by atoms with Crippen LogP contribution in [-0.2, 0) is 36.8 Å². The lowest BCUT2D eigenvalue weighted by atomic mass is 9.96. The Morgan fingerprint density at radius 1 is 0.946 bits per heavy atom. The van der Waals surface area contributed by atoms with E-state index in [1.807, 2.05) is 42.5 Å². The molecule has 0 unspecified atom stereocenters. The minimum atomic E-state index is -1.02. The summed E-state index contributed by atoms with van der Waals surface area (Å²) in [6.07, 6.45) is 1.69. The van der Waals surface area contributed by atoms with Crippen LogP contribution in [0, 0.1) is 0 Å². The van der Waals surface area contributed by atoms with E-state index in [-0.39, 0.29) is 25.2 Å². The largest absolute Gasteiger partial charge is 0.353 e. The number of likely N-dealkylation sites (N-methyl/N-ethyl adjacent to an activating group) is 1. The van der Waals surface area contributed by atoms with E-state index < -0.39 is 41.6 Å². The van der Waals surface area contributed by atoms with Crippen LogP contribution in [0.2, 0.25) is 0 Å². The highest BCUT2D eigenvalue weighted by Gasteiger charge is 2.29. The van der Waals surface area contributed by atoms with E-state index in [9.17, 15) is 24.0 Å². The standard InChI is InChI=1S/C28H34N4O5/c1-4-22(25(34)28(37)29-3)31-27(36)23-13-11-18-7-5-9-20(15-18)21-10-6-8-19(16-21)12-14-24(33)30-17(2)26(35)32-23/h5-10,15-17,22-23H,4,11-14H2,1-3H3,(H,29,37)(H,30,33)(H,31,36)(H,32,35)/t17-,22-,23-/m0/s1. The fourth-order valence-electron chi connectivity index (χ4n) is 4.23. The average molecular weight is 507 g/mol. The van der Waals surface area contributed by atoms with E-state index in [1.54, 1.807) is 13.8 Å². The minimum absolute atomic E-state index is 0.213. The van der Waals surface area contributed by atoms with Gasteiger partial charge in [-0.3, -0.25) is 24.0 Å². The maximum atomic E-state index is 13.2. The normalized spacial score (nSPS) is 19.1. The number of fused-ring (bicyclic) bond motifs is 5. The van der Waals surface area contributed by atoms with Crippen molar-refractivity contribution in [1.29, 1.82) is 0 Å². The molecule has 9 nitrogen and oxygen atoms in total. The molecule has 9 heteroatoms. The van der Waals surface area contributed by atoms with Crippen molar-refractivity contribution in [2.24, 2.45) is 0 Å². The average Bonchev–Trinajstić information content (AvgIpc) is 2.91. The van der Waals surface area contributed by atoms with E-state index in [2.05, 4.69) is 27.3 Å². The Labute approximate surface area is 216 Å². The second kappa shape index (κ2) is 12.8. The second-order valence-electron chi connectivity index (χ2n) is 9.20. The molecule has 37 heavy (non-hydrogen) atoms. The molecule has 2 aromatic rings. The number of carbonyl (C=O) groups is 5. The molecule has 4 bridgehead atoms. The molecule has 0 saturated carbocycles. The molecule has 0 fully saturated rings. The first kappa shape index (κ1) is 27.6. The third-order valence-electron chi connectivity index (χ3n) is 6.45. The van der Waals surface area contributed by atoms with Gasteiger partial charge in [-0.25, -0.2) is 0 Å². The quantitative estimate of drug-likeness (QED) is 0.456. The van der Waals surface area contributed by atoms with Gasteiger partial charge >= 0.3 is 0 Å². The first-order valence-corrected chi connectivity index (χ1v) is 12.6. The molecule has 0 aromatic heterocycles. The van der Waals surface area contributed by atoms with Crippen molar-refractivity contribution >= 4 is 29.4 Å². The van der Waals surface area contributed by atoms with Crippen LogP contribution >= 0.6 is 0 Å². The predicted octanol–water partition coefficient (Wildman–Crippen LogP) is 1.43. The van der Waals surface area contributed by atoms with Crippen molar-refractivity contribution in [1.82, 2.24) is 21.3 Å². The van der Waals surface area contributed by atoms with Crippen LogP contribution < -0.4 is 21.3 Å². The van der Waals surface area contributed by atoms with Crippen LogP contribution in [0.25, 0.3) is 11.1 Å². The summed E-state index contributed by atoms with van der Waals surface area (Å²) < 4.78 is 0. The van der Waals surface area contributed by atoms with Gasteiger partial charge in [-0.2, -0.15) is 0 Å². The van der Waals surface area contributed by atoms with Crippen LogP contribution in [-0.4, -0.2) is 54.6 Å². The monoisotopic (exact) mass is 506 g/mol. The molecule has 3 atom stereocenters. The third-order valence-corrected chi connectivity index (χ3v) is 6.45. The van der Waals surface area contributed by atoms with Gasteiger partial charge in [0, 0.05) is 13.5 Å². The summed E-state index contributed by atoms with van der Waals surface area (Å²) in [6, 6.07) is 13.1. The smallest absolute Gasteiger partial charge is 0.289 e. The van der Waals surface area contributed by atoms with Crippen molar-refractivity contribution in [2.45, 2.75) is 64.1 Å². The fraction of sp³-hybridized carbons (Fsp3) is 0.393. The van der Waals surface area contributed by atoms with Crippen LogP contribution in [0.5, 0.6) is 0 Å². The Hall–Kier alpha value is -4.01. The summed E-state index contributed by atoms with van der Waals surface area (Å²) in [7, 11) is 1.34. The summed E-state index contributed by atoms with van der Waals surface area (Å²) >= 11 is 0. The van der Waals surface area contributed by atoms with Gasteiger partial charge in [0.05, 0.1) is 6.04 Å². The highest BCUT2D eigenvalue weighted by molar-refractivity contribution is 6.38. The lowest BCUT2D eigenvalue weighted by molar-refractivity contribution is -0.140. The zero-order chi connectivity index (χ0) is 26.9. The minimum Gasteiger partial charge on any atom is -0.353 e. The fourth-order valence-corrected chi connectivity index (χ4v) is 4.23. The highest BCUT2D eigenvalue weighted by Crippen LogP contribution is 2.23. The predicted molar refractivity (Wildman–Crippen MR) is 139 cm³/mol. The number of aryl methyl sites for hydroxylation is 2. The number of benzene rings is 2. The topological polar surface area (TPSA) is 133 Å². The molecule has 0 spiro atoms. The molecule has 0 aliphatic carbocycles. The second-order valence-corrected chi connectivity index (χ2v) is 9.20. The van der Waals surface area contributed by atoms with Gasteiger partial charge in [0.2, 0.25) is 23.5 Å². The number of carbonyl (C=O) groups excluding carboxylic acids is 5. The number of nitrogens with one attached hydrogen (secondary N) is 4. The van der Waals surface area contributed by atoms with Gasteiger partial charge < -0.3 is 21.3 Å². The van der Waals surface area contributed by atoms with Gasteiger partial charge in [-0.1, -0.05) is 55.5 Å². The van der Waals surface area contributed by atoms with Crippen LogP contribution in [0.4, 0.5) is 0 Å². The number of ketones is 1. The Morgan fingerprint density at radius 3 is 2.16 bits per heavy atom. The van der Waals surface area contributed by atoms with E-state index in [1.165, 1.54) is 7.05 Å². The Kier molecular flexibility index (Phi) is 9.54. The molecule has 2 aromatic carbocycles. The molecule has 4 N–H and O–H groups in total. The number of hydrogen-bond donors (Lipinski definition) is 4. The molecule has 4 amide bonds. The van der Waals surface area contributed by atoms with Gasteiger partial charge in [0.25, 0.3) is 5.91 Å². The van der Waals surface area contributed by atoms with Crippen molar-refractivity contribution in [2.75, 3.05) is 7.05 Å². The van der Waals surface area contributed by atoms with E-state index in [4.69, 9.17) is 0 Å². The Bertz CT molecular complexity index is 1180. The third kappa shape index (κ3) is 7.49. The molecule has 3 rings (SSSR count). The van der Waals surface area contributed by atoms with Gasteiger partial charge in [0.15, 0.2) is 0 Å². The molecule has 1 heterocycles. The van der Waals surface area contributed by atoms with Crippen LogP contribution in [0.15, 0.2) is 48.5 Å². The van der Waals surface area contributed by atoms with Gasteiger partial charge in [-0.15, -0.1) is 0 Å². The number of Topliss-reactive ketones (excluding diaryl/α,β-unsaturated/α-hetero) is 1. The molecule has 1 aliphatic heterocycles. The van der Waals surface area contributed by atoms with Crippen molar-refractivity contribution in [3.63, 3.8) is 0 Å². The number of hydrogen-bond acceptors (Lipinski definition) is 5. The molecule has 0 radical (unpaired) electrons. The lowest BCUT2D eigenvalue weighted by Crippen LogP contribution is -2.56. The molecular weight excluding hydrogens is 472 g/mol. The lowest BCUT2D eigenvalue weighted by Gasteiger charge is -2.24. The summed E-state index contributed by atoms with van der Waals surface area (Å²) in [5.74, 6) is -2.91. The van der Waals surface area contributed by atoms with Crippen LogP contribution in [0.3, 0.4) is 0 Å². The SMILES string of the molecule is CC[C@H](NC(=O)[C@@H]1CCc2cccc(c2)-c2cccc(c2)CCC(=O)N[C@@H](C)C(=O)N1)C(=O)C(=O)NC. The Morgan fingerprint density at radius 2 is 1.57 bits per heavy atom. The van der Waals surface area contributed by atoms with Crippen molar-refractivity contribution in [3.05, 3.63) is 59.7 Å². The van der Waals surface area contributed by atoms with E-state index in [0.29, 0.717) is 12.8 Å². The molecular formula is C28H34N4O5. The summed E-state index contributed by atoms with van der Waals surface area (Å²) in [5, 5.41) is 10.3. The summed E-state index contributed by atoms with van der Waals surface area (Å²) in [5.41, 5.74) is 4.05. The number of amides is 4. The molecule has 1 aliphatic rings. The first-order chi connectivity index (χ1) is 17.7. The van der Waals surface area contributed by atoms with E-state index >= 15 is 0 Å². The van der Waals surface area contributed by atoms with Crippen LogP contribution in [0.1, 0.15) is 44.2 Å². The van der Waals surface area contributed by atoms with E-state index in [0.717, 1.165) is 22.3 Å². The van der Waals surface area contributed by atoms with Crippen molar-refractivity contribution in [3.8, 4) is 11.1 Å². The maximum Gasteiger partial charge on any atom is 0.289 e.